The first-order valence-corrected chi connectivity index (χ1v) is 9.46. The van der Waals surface area contributed by atoms with Crippen LogP contribution < -0.4 is 10.9 Å². The second-order valence-corrected chi connectivity index (χ2v) is 7.04. The monoisotopic (exact) mass is 386 g/mol. The second kappa shape index (κ2) is 7.96. The van der Waals surface area contributed by atoms with Gasteiger partial charge in [-0.25, -0.2) is 9.38 Å². The summed E-state index contributed by atoms with van der Waals surface area (Å²) in [6.07, 6.45) is 4.86. The minimum Gasteiger partial charge on any atom is -0.320 e. The number of carbonyl (C=O) groups is 1. The predicted molar refractivity (Wildman–Crippen MR) is 108 cm³/mol. The van der Waals surface area contributed by atoms with Crippen molar-refractivity contribution in [1.29, 1.82) is 0 Å². The number of rotatable bonds is 6. The van der Waals surface area contributed by atoms with Gasteiger partial charge in [0.05, 0.1) is 5.69 Å². The highest BCUT2D eigenvalue weighted by Gasteiger charge is 2.18. The molecule has 0 saturated carbocycles. The standard InChI is InChI=1S/C20H23ClN4O2/c1-4-5-6-11-24-13(2)18(22-14(3)26)19(27)25-12-17(23-20(24)25)15-7-9-16(21)10-8-15/h7-10,12H,4-6,11H2,1-3H3,(H,22,26). The molecule has 0 atom stereocenters. The van der Waals surface area contributed by atoms with E-state index in [0.717, 1.165) is 31.4 Å². The van der Waals surface area contributed by atoms with Crippen molar-refractivity contribution in [3.8, 4) is 11.3 Å². The van der Waals surface area contributed by atoms with E-state index in [1.807, 2.05) is 23.6 Å². The lowest BCUT2D eigenvalue weighted by atomic mass is 10.2. The van der Waals surface area contributed by atoms with Crippen molar-refractivity contribution in [2.45, 2.75) is 46.6 Å². The summed E-state index contributed by atoms with van der Waals surface area (Å²) in [5.41, 5.74) is 2.30. The maximum absolute atomic E-state index is 12.9. The summed E-state index contributed by atoms with van der Waals surface area (Å²) < 4.78 is 3.51. The smallest absolute Gasteiger partial charge is 0.283 e. The third-order valence-corrected chi connectivity index (χ3v) is 4.81. The van der Waals surface area contributed by atoms with Crippen LogP contribution in [0.5, 0.6) is 0 Å². The van der Waals surface area contributed by atoms with E-state index in [1.165, 1.54) is 11.3 Å². The van der Waals surface area contributed by atoms with Gasteiger partial charge in [-0.05, 0) is 25.5 Å². The number of fused-ring (bicyclic) bond motifs is 1. The highest BCUT2D eigenvalue weighted by molar-refractivity contribution is 6.30. The minimum atomic E-state index is -0.280. The molecular formula is C20H23ClN4O2. The Bertz CT molecular complexity index is 1030. The van der Waals surface area contributed by atoms with E-state index in [2.05, 4.69) is 12.2 Å². The average molecular weight is 387 g/mol. The van der Waals surface area contributed by atoms with Crippen molar-refractivity contribution in [3.05, 3.63) is 51.5 Å². The first-order chi connectivity index (χ1) is 12.9. The lowest BCUT2D eigenvalue weighted by molar-refractivity contribution is -0.114. The van der Waals surface area contributed by atoms with E-state index in [0.29, 0.717) is 27.9 Å². The third-order valence-electron chi connectivity index (χ3n) is 4.55. The lowest BCUT2D eigenvalue weighted by Gasteiger charge is -2.16. The number of hydrogen-bond acceptors (Lipinski definition) is 3. The highest BCUT2D eigenvalue weighted by atomic mass is 35.5. The predicted octanol–water partition coefficient (Wildman–Crippen LogP) is 4.27. The van der Waals surface area contributed by atoms with E-state index in [1.54, 1.807) is 18.3 Å². The SMILES string of the molecule is CCCCCn1c(C)c(NC(C)=O)c(=O)n2cc(-c3ccc(Cl)cc3)nc12. The largest absolute Gasteiger partial charge is 0.320 e. The van der Waals surface area contributed by atoms with Crippen LogP contribution in [0.25, 0.3) is 17.0 Å². The molecule has 3 aromatic rings. The number of carbonyl (C=O) groups excluding carboxylic acids is 1. The molecule has 2 aromatic heterocycles. The Balaban J connectivity index is 2.20. The molecule has 1 aromatic carbocycles. The van der Waals surface area contributed by atoms with Crippen LogP contribution in [-0.2, 0) is 11.3 Å². The van der Waals surface area contributed by atoms with E-state index < -0.39 is 0 Å². The summed E-state index contributed by atoms with van der Waals surface area (Å²) in [5, 5.41) is 3.33. The number of benzene rings is 1. The number of hydrogen-bond donors (Lipinski definition) is 1. The first-order valence-electron chi connectivity index (χ1n) is 9.08. The Morgan fingerprint density at radius 3 is 2.56 bits per heavy atom. The van der Waals surface area contributed by atoms with Crippen molar-refractivity contribution in [1.82, 2.24) is 14.0 Å². The second-order valence-electron chi connectivity index (χ2n) is 6.61. The van der Waals surface area contributed by atoms with Crippen LogP contribution in [0, 0.1) is 6.92 Å². The number of nitrogens with one attached hydrogen (secondary N) is 1. The number of aromatic nitrogens is 3. The van der Waals surface area contributed by atoms with Crippen LogP contribution in [-0.4, -0.2) is 19.9 Å². The number of halogens is 1. The number of imidazole rings is 1. The molecule has 1 amide bonds. The molecule has 2 heterocycles. The van der Waals surface area contributed by atoms with Gasteiger partial charge < -0.3 is 9.88 Å². The average Bonchev–Trinajstić information content (AvgIpc) is 3.07. The fourth-order valence-corrected chi connectivity index (χ4v) is 3.26. The van der Waals surface area contributed by atoms with Gasteiger partial charge in [-0.1, -0.05) is 43.5 Å². The minimum absolute atomic E-state index is 0.271. The summed E-state index contributed by atoms with van der Waals surface area (Å²) in [7, 11) is 0. The van der Waals surface area contributed by atoms with E-state index in [-0.39, 0.29) is 11.5 Å². The highest BCUT2D eigenvalue weighted by Crippen LogP contribution is 2.23. The van der Waals surface area contributed by atoms with Gasteiger partial charge in [0.25, 0.3) is 5.56 Å². The molecule has 142 valence electrons. The first kappa shape index (κ1) is 19.2. The van der Waals surface area contributed by atoms with Gasteiger partial charge in [0.15, 0.2) is 0 Å². The quantitative estimate of drug-likeness (QED) is 0.643. The third kappa shape index (κ3) is 3.90. The zero-order chi connectivity index (χ0) is 19.6. The molecule has 7 heteroatoms. The van der Waals surface area contributed by atoms with E-state index in [4.69, 9.17) is 16.6 Å². The number of anilines is 1. The lowest BCUT2D eigenvalue weighted by Crippen LogP contribution is -2.26. The summed E-state index contributed by atoms with van der Waals surface area (Å²) in [4.78, 5) is 29.2. The number of nitrogens with zero attached hydrogens (tertiary/aromatic N) is 3. The molecule has 6 nitrogen and oxygen atoms in total. The molecule has 0 fully saturated rings. The normalized spacial score (nSPS) is 11.1. The number of amides is 1. The molecule has 0 unspecified atom stereocenters. The van der Waals surface area contributed by atoms with Gasteiger partial charge in [-0.3, -0.25) is 9.59 Å². The van der Waals surface area contributed by atoms with Crippen LogP contribution in [0.1, 0.15) is 38.8 Å². The molecule has 0 radical (unpaired) electrons. The maximum Gasteiger partial charge on any atom is 0.283 e. The molecule has 3 rings (SSSR count). The maximum atomic E-state index is 12.9. The Morgan fingerprint density at radius 1 is 1.22 bits per heavy atom. The summed E-state index contributed by atoms with van der Waals surface area (Å²) in [5.74, 6) is 0.306. The van der Waals surface area contributed by atoms with Crippen LogP contribution in [0.15, 0.2) is 35.3 Å². The molecule has 0 aliphatic carbocycles. The van der Waals surface area contributed by atoms with Gasteiger partial charge in [-0.15, -0.1) is 0 Å². The van der Waals surface area contributed by atoms with Crippen LogP contribution >= 0.6 is 11.6 Å². The Morgan fingerprint density at radius 2 is 1.93 bits per heavy atom. The van der Waals surface area contributed by atoms with Crippen LogP contribution in [0.4, 0.5) is 5.69 Å². The molecule has 0 bridgehead atoms. The van der Waals surface area contributed by atoms with Crippen molar-refractivity contribution >= 4 is 29.0 Å². The van der Waals surface area contributed by atoms with E-state index >= 15 is 0 Å². The van der Waals surface area contributed by atoms with Gasteiger partial charge in [0.1, 0.15) is 5.69 Å². The molecule has 0 aliphatic rings. The zero-order valence-electron chi connectivity index (χ0n) is 15.8. The number of unbranched alkanes of at least 4 members (excludes halogenated alkanes) is 2. The molecule has 0 spiro atoms. The van der Waals surface area contributed by atoms with Gasteiger partial charge in [0.2, 0.25) is 11.7 Å². The fraction of sp³-hybridized carbons (Fsp3) is 0.350. The number of aryl methyl sites for hydroxylation is 1. The zero-order valence-corrected chi connectivity index (χ0v) is 16.5. The van der Waals surface area contributed by atoms with Crippen molar-refractivity contribution in [2.75, 3.05) is 5.32 Å². The van der Waals surface area contributed by atoms with E-state index in [9.17, 15) is 9.59 Å². The molecule has 0 aliphatic heterocycles. The van der Waals surface area contributed by atoms with Gasteiger partial charge >= 0.3 is 0 Å². The van der Waals surface area contributed by atoms with Gasteiger partial charge in [0, 0.05) is 35.9 Å². The van der Waals surface area contributed by atoms with Gasteiger partial charge in [-0.2, -0.15) is 0 Å². The van der Waals surface area contributed by atoms with Crippen molar-refractivity contribution in [2.24, 2.45) is 0 Å². The Hall–Kier alpha value is -2.60. The Kier molecular flexibility index (Phi) is 5.65. The van der Waals surface area contributed by atoms with Crippen molar-refractivity contribution < 1.29 is 4.79 Å². The molecule has 27 heavy (non-hydrogen) atoms. The topological polar surface area (TPSA) is 68.4 Å². The molecule has 0 saturated heterocycles. The summed E-state index contributed by atoms with van der Waals surface area (Å²) in [6, 6.07) is 7.33. The Labute approximate surface area is 162 Å². The fourth-order valence-electron chi connectivity index (χ4n) is 3.14. The molecular weight excluding hydrogens is 364 g/mol. The summed E-state index contributed by atoms with van der Waals surface area (Å²) >= 11 is 5.97. The van der Waals surface area contributed by atoms with Crippen LogP contribution in [0.3, 0.4) is 0 Å². The summed E-state index contributed by atoms with van der Waals surface area (Å²) in [6.45, 7) is 6.12. The molecule has 1 N–H and O–H groups in total. The van der Waals surface area contributed by atoms with Crippen LogP contribution in [0.2, 0.25) is 5.02 Å². The van der Waals surface area contributed by atoms with Crippen molar-refractivity contribution in [3.63, 3.8) is 0 Å².